The normalized spacial score (nSPS) is 13.9. The minimum atomic E-state index is -11.1. The maximum absolute atomic E-state index is 11.1. The van der Waals surface area contributed by atoms with E-state index in [0.717, 1.165) is 0 Å². The Hall–Kier alpha value is 1.41. The predicted molar refractivity (Wildman–Crippen MR) is 258 cm³/mol. The first-order valence-corrected chi connectivity index (χ1v) is 36.8. The van der Waals surface area contributed by atoms with Gasteiger partial charge in [0.25, 0.3) is 0 Å². The largest absolute Gasteiger partial charge is 1.00 e. The van der Waals surface area contributed by atoms with E-state index in [1.807, 2.05) is 0 Å². The molecule has 0 saturated heterocycles. The van der Waals surface area contributed by atoms with E-state index in [9.17, 15) is 62.4 Å². The predicted octanol–water partition coefficient (Wildman–Crippen LogP) is -1.74. The van der Waals surface area contributed by atoms with E-state index in [1.165, 1.54) is 0 Å². The zero-order valence-electron chi connectivity index (χ0n) is 48.8. The van der Waals surface area contributed by atoms with Crippen molar-refractivity contribution in [1.82, 2.24) is 0 Å². The molecule has 0 aromatic carbocycles. The van der Waals surface area contributed by atoms with Crippen LogP contribution in [0.5, 0.6) is 0 Å². The van der Waals surface area contributed by atoms with Crippen LogP contribution < -0.4 is 56.6 Å². The number of ether oxygens (including phenoxy) is 20. The minimum absolute atomic E-state index is 0. The van der Waals surface area contributed by atoms with Crippen molar-refractivity contribution in [2.24, 2.45) is 0 Å². The maximum atomic E-state index is 9.91. The molecule has 0 aliphatic carbocycles. The van der Waals surface area contributed by atoms with Crippen molar-refractivity contribution in [3.05, 3.63) is 0 Å². The second kappa shape index (κ2) is 56.0. The van der Waals surface area contributed by atoms with Crippen molar-refractivity contribution in [2.75, 3.05) is 266 Å². The number of rotatable bonds is 54. The van der Waals surface area contributed by atoms with E-state index in [1.54, 1.807) is 28.4 Å². The fourth-order valence-corrected chi connectivity index (χ4v) is 3.85. The second-order valence-corrected chi connectivity index (χ2v) is 26.7. The third kappa shape index (κ3) is 185. The van der Waals surface area contributed by atoms with Gasteiger partial charge in [-0.1, -0.05) is 0 Å². The fourth-order valence-electron chi connectivity index (χ4n) is 3.85. The molecule has 0 saturated carbocycles. The van der Waals surface area contributed by atoms with Crippen LogP contribution >= 0.6 is 0 Å². The van der Waals surface area contributed by atoms with Crippen molar-refractivity contribution in [1.29, 1.82) is 0 Å². The van der Waals surface area contributed by atoms with E-state index < -0.39 is 42.5 Å². The molecule has 0 rings (SSSR count). The molecule has 0 aliphatic heterocycles. The molecule has 0 radical (unpaired) electrons. The third-order valence-corrected chi connectivity index (χ3v) is 6.94. The molecule has 0 unspecified atom stereocenters. The van der Waals surface area contributed by atoms with Crippen LogP contribution in [-0.4, -0.2) is 309 Å². The number of hydrogen-bond acceptors (Lipinski definition) is 20. The maximum Gasteiger partial charge on any atom is 1.00 e. The van der Waals surface area contributed by atoms with E-state index in [-0.39, 0.29) is 56.6 Å². The first-order valence-electron chi connectivity index (χ1n) is 24.1. The van der Waals surface area contributed by atoms with E-state index in [2.05, 4.69) is 0 Å². The molecular formula is C40H84As3F18Li3O20. The van der Waals surface area contributed by atoms with Crippen LogP contribution in [0, 0.1) is 0 Å². The summed E-state index contributed by atoms with van der Waals surface area (Å²) in [7, 11) is 6.59. The summed E-state index contributed by atoms with van der Waals surface area (Å²) in [6.45, 7) is 20.0. The third-order valence-electron chi connectivity index (χ3n) is 6.94. The van der Waals surface area contributed by atoms with Gasteiger partial charge in [-0.15, -0.1) is 0 Å². The van der Waals surface area contributed by atoms with Gasteiger partial charge in [-0.05, 0) is 0 Å². The smallest absolute Gasteiger partial charge is 1.00 e. The first kappa shape index (κ1) is 102. The van der Waals surface area contributed by atoms with Crippen LogP contribution in [0.3, 0.4) is 0 Å². The molecule has 0 amide bonds. The molecule has 0 fully saturated rings. The van der Waals surface area contributed by atoms with Gasteiger partial charge in [0.05, 0.1) is 238 Å². The molecular weight excluding hydrogens is 1390 g/mol. The summed E-state index contributed by atoms with van der Waals surface area (Å²) < 4.78 is 284. The van der Waals surface area contributed by atoms with Gasteiger partial charge in [-0.3, -0.25) is 0 Å². The molecule has 84 heavy (non-hydrogen) atoms. The Bertz CT molecular complexity index is 1140. The molecule has 0 aromatic rings. The van der Waals surface area contributed by atoms with Gasteiger partial charge in [0.15, 0.2) is 0 Å². The Balaban J connectivity index is -0.000000166. The van der Waals surface area contributed by atoms with Crippen molar-refractivity contribution in [3.8, 4) is 0 Å². The van der Waals surface area contributed by atoms with Crippen LogP contribution in [0.4, 0.5) is 62.4 Å². The molecule has 0 aromatic heterocycles. The number of hydrogen-bond donors (Lipinski definition) is 0. The zero-order valence-corrected chi connectivity index (χ0v) is 54.4. The topological polar surface area (TPSA) is 185 Å². The van der Waals surface area contributed by atoms with Crippen LogP contribution in [0.1, 0.15) is 0 Å². The van der Waals surface area contributed by atoms with Gasteiger partial charge >= 0.3 is 161 Å². The SMILES string of the molecule is COCCOCCOCCOCCOCCOCCOCCOCCOCCOC.COCCOCCOCCOCCOCCOCCOCCOCCOCCOC.F[As-](F)(F)(F)(F)F.F[As-](F)(F)(F)(F)F.F[As-](F)(F)(F)(F)F.[Li+].[Li+].[Li+]. The Labute approximate surface area is 519 Å². The second-order valence-electron chi connectivity index (χ2n) is 14.6. The summed E-state index contributed by atoms with van der Waals surface area (Å²) in [4.78, 5) is 0. The quantitative estimate of drug-likeness (QED) is 0.0380. The Kier molecular flexibility index (Phi) is 67.7. The van der Waals surface area contributed by atoms with Gasteiger partial charge in [0, 0.05) is 28.4 Å². The molecule has 20 nitrogen and oxygen atoms in total. The van der Waals surface area contributed by atoms with Gasteiger partial charge in [0.2, 0.25) is 0 Å². The standard InChI is InChI=1S/2C20H42O10.3AsF6.3Li/c2*1-21-3-5-23-7-9-25-11-13-27-15-17-29-19-20-30-18-16-28-14-12-26-10-8-24-6-4-22-2;3*2-1(3,4,5,6)7;;;/h2*3-20H2,1-2H3;;;;;;/q;;3*-1;3*+1. The van der Waals surface area contributed by atoms with Crippen molar-refractivity contribution in [3.63, 3.8) is 0 Å². The van der Waals surface area contributed by atoms with Crippen LogP contribution in [-0.2, 0) is 94.7 Å². The molecule has 0 atom stereocenters. The van der Waals surface area contributed by atoms with Gasteiger partial charge in [-0.2, -0.15) is 0 Å². The van der Waals surface area contributed by atoms with Gasteiger partial charge in [-0.25, -0.2) is 0 Å². The van der Waals surface area contributed by atoms with E-state index in [0.29, 0.717) is 238 Å². The van der Waals surface area contributed by atoms with Gasteiger partial charge < -0.3 is 94.7 Å². The zero-order chi connectivity index (χ0) is 62.8. The minimum Gasteiger partial charge on any atom is 1.00 e. The van der Waals surface area contributed by atoms with E-state index in [4.69, 9.17) is 94.7 Å². The summed E-state index contributed by atoms with van der Waals surface area (Å²) in [5, 5.41) is 0. The average Bonchev–Trinajstić information content (AvgIpc) is 3.31. The number of methoxy groups -OCH3 is 4. The molecule has 0 aliphatic rings. The summed E-state index contributed by atoms with van der Waals surface area (Å²) in [6.07, 6.45) is 0. The molecule has 0 heterocycles. The van der Waals surface area contributed by atoms with E-state index >= 15 is 0 Å². The van der Waals surface area contributed by atoms with Crippen LogP contribution in [0.2, 0.25) is 0 Å². The monoisotopic (exact) mass is 1470 g/mol. The Morgan fingerprint density at radius 2 is 0.190 bits per heavy atom. The van der Waals surface area contributed by atoms with Crippen LogP contribution in [0.25, 0.3) is 0 Å². The Morgan fingerprint density at radius 1 is 0.143 bits per heavy atom. The summed E-state index contributed by atoms with van der Waals surface area (Å²) in [6, 6.07) is 0. The summed E-state index contributed by atoms with van der Waals surface area (Å²) >= 11 is -33.2. The fraction of sp³-hybridized carbons (Fsp3) is 1.00. The molecule has 44 heteroatoms. The van der Waals surface area contributed by atoms with Crippen molar-refractivity contribution < 1.29 is 214 Å². The summed E-state index contributed by atoms with van der Waals surface area (Å²) in [5.74, 6) is 0. The first-order chi connectivity index (χ1) is 37.2. The average molecular weight is 1470 g/mol. The van der Waals surface area contributed by atoms with Crippen molar-refractivity contribution in [2.45, 2.75) is 0 Å². The molecule has 0 spiro atoms. The number of halogens is 18. The van der Waals surface area contributed by atoms with Crippen LogP contribution in [0.15, 0.2) is 0 Å². The molecule has 0 N–H and O–H groups in total. The Morgan fingerprint density at radius 3 is 0.238 bits per heavy atom. The molecule has 508 valence electrons. The van der Waals surface area contributed by atoms with Gasteiger partial charge in [0.1, 0.15) is 0 Å². The molecule has 0 bridgehead atoms. The summed E-state index contributed by atoms with van der Waals surface area (Å²) in [5.41, 5.74) is 0. The van der Waals surface area contributed by atoms with Crippen molar-refractivity contribution >= 4 is 42.5 Å².